The predicted octanol–water partition coefficient (Wildman–Crippen LogP) is 3.75. The van der Waals surface area contributed by atoms with E-state index in [0.29, 0.717) is 12.5 Å². The second-order valence-corrected chi connectivity index (χ2v) is 5.56. The quantitative estimate of drug-likeness (QED) is 0.674. The number of rotatable bonds is 9. The molecule has 0 unspecified atom stereocenters. The van der Waals surface area contributed by atoms with Crippen LogP contribution < -0.4 is 10.6 Å². The van der Waals surface area contributed by atoms with Gasteiger partial charge in [0.25, 0.3) is 0 Å². The van der Waals surface area contributed by atoms with Gasteiger partial charge in [-0.1, -0.05) is 45.7 Å². The maximum Gasteiger partial charge on any atom is 0.225 e. The lowest BCUT2D eigenvalue weighted by molar-refractivity contribution is -0.116. The van der Waals surface area contributed by atoms with Gasteiger partial charge in [0.2, 0.25) is 5.91 Å². The van der Waals surface area contributed by atoms with E-state index in [2.05, 4.69) is 43.5 Å². The van der Waals surface area contributed by atoms with Crippen LogP contribution in [0.1, 0.15) is 52.0 Å². The molecular formula is C17H28N2O. The van der Waals surface area contributed by atoms with Crippen LogP contribution in [0.15, 0.2) is 24.3 Å². The molecule has 0 aliphatic rings. The van der Waals surface area contributed by atoms with Crippen molar-refractivity contribution in [1.29, 1.82) is 0 Å². The van der Waals surface area contributed by atoms with Crippen molar-refractivity contribution in [2.24, 2.45) is 0 Å². The fraction of sp³-hybridized carbons (Fsp3) is 0.588. The van der Waals surface area contributed by atoms with Crippen molar-refractivity contribution < 1.29 is 4.79 Å². The first-order chi connectivity index (χ1) is 9.61. The second kappa shape index (κ2) is 9.54. The lowest BCUT2D eigenvalue weighted by atomic mass is 10.1. The summed E-state index contributed by atoms with van der Waals surface area (Å²) >= 11 is 0. The Balaban J connectivity index is 2.31. The highest BCUT2D eigenvalue weighted by molar-refractivity contribution is 5.90. The molecule has 3 nitrogen and oxygen atoms in total. The largest absolute Gasteiger partial charge is 0.326 e. The zero-order valence-electron chi connectivity index (χ0n) is 13.0. The van der Waals surface area contributed by atoms with Crippen LogP contribution in [0.5, 0.6) is 0 Å². The van der Waals surface area contributed by atoms with Gasteiger partial charge >= 0.3 is 0 Å². The Hall–Kier alpha value is -1.35. The van der Waals surface area contributed by atoms with Crippen molar-refractivity contribution in [3.8, 4) is 0 Å². The molecule has 0 bridgehead atoms. The van der Waals surface area contributed by atoms with E-state index in [1.807, 2.05) is 12.1 Å². The Morgan fingerprint density at radius 1 is 1.15 bits per heavy atom. The van der Waals surface area contributed by atoms with Gasteiger partial charge in [0.05, 0.1) is 0 Å². The van der Waals surface area contributed by atoms with Gasteiger partial charge in [-0.25, -0.2) is 0 Å². The molecular weight excluding hydrogens is 248 g/mol. The summed E-state index contributed by atoms with van der Waals surface area (Å²) in [5.41, 5.74) is 2.23. The molecule has 2 N–H and O–H groups in total. The number of hydrogen-bond donors (Lipinski definition) is 2. The van der Waals surface area contributed by atoms with Crippen molar-refractivity contribution in [1.82, 2.24) is 5.32 Å². The maximum atomic E-state index is 11.7. The van der Waals surface area contributed by atoms with Gasteiger partial charge in [-0.15, -0.1) is 0 Å². The molecule has 3 heteroatoms. The first-order valence-corrected chi connectivity index (χ1v) is 7.74. The molecule has 0 aliphatic heterocycles. The van der Waals surface area contributed by atoms with Gasteiger partial charge in [0, 0.05) is 24.7 Å². The number of amides is 1. The van der Waals surface area contributed by atoms with Crippen LogP contribution in [0.4, 0.5) is 5.69 Å². The van der Waals surface area contributed by atoms with Crippen molar-refractivity contribution >= 4 is 11.6 Å². The highest BCUT2D eigenvalue weighted by Gasteiger charge is 2.03. The number of carbonyl (C=O) groups is 1. The first kappa shape index (κ1) is 16.7. The summed E-state index contributed by atoms with van der Waals surface area (Å²) in [6, 6.07) is 8.63. The van der Waals surface area contributed by atoms with E-state index in [0.717, 1.165) is 18.7 Å². The average molecular weight is 276 g/mol. The number of benzene rings is 1. The standard InChI is InChI=1S/C17H28N2O/c1-4-5-6-7-15-8-10-16(11-9-15)19-17(20)12-13-18-14(2)3/h8-11,14,18H,4-7,12-13H2,1-3H3,(H,19,20). The third kappa shape index (κ3) is 7.29. The van der Waals surface area contributed by atoms with Crippen molar-refractivity contribution in [3.63, 3.8) is 0 Å². The highest BCUT2D eigenvalue weighted by Crippen LogP contribution is 2.12. The monoisotopic (exact) mass is 276 g/mol. The topological polar surface area (TPSA) is 41.1 Å². The van der Waals surface area contributed by atoms with Gasteiger partial charge in [0.1, 0.15) is 0 Å². The minimum absolute atomic E-state index is 0.0666. The van der Waals surface area contributed by atoms with Crippen LogP contribution >= 0.6 is 0 Å². The van der Waals surface area contributed by atoms with Crippen LogP contribution in [0.25, 0.3) is 0 Å². The summed E-state index contributed by atoms with van der Waals surface area (Å²) < 4.78 is 0. The SMILES string of the molecule is CCCCCc1ccc(NC(=O)CCNC(C)C)cc1. The zero-order valence-corrected chi connectivity index (χ0v) is 13.0. The van der Waals surface area contributed by atoms with Crippen LogP contribution in [0, 0.1) is 0 Å². The second-order valence-electron chi connectivity index (χ2n) is 5.56. The fourth-order valence-electron chi connectivity index (χ4n) is 2.03. The summed E-state index contributed by atoms with van der Waals surface area (Å²) in [4.78, 5) is 11.7. The van der Waals surface area contributed by atoms with Crippen molar-refractivity contribution in [2.45, 2.75) is 58.9 Å². The molecule has 0 aliphatic carbocycles. The maximum absolute atomic E-state index is 11.7. The van der Waals surface area contributed by atoms with E-state index < -0.39 is 0 Å². The number of nitrogens with one attached hydrogen (secondary N) is 2. The Morgan fingerprint density at radius 2 is 1.85 bits per heavy atom. The van der Waals surface area contributed by atoms with Crippen LogP contribution in [0.2, 0.25) is 0 Å². The van der Waals surface area contributed by atoms with Crippen molar-refractivity contribution in [3.05, 3.63) is 29.8 Å². The van der Waals surface area contributed by atoms with Gasteiger partial charge in [0.15, 0.2) is 0 Å². The fourth-order valence-corrected chi connectivity index (χ4v) is 2.03. The molecule has 0 atom stereocenters. The van der Waals surface area contributed by atoms with Gasteiger partial charge in [-0.2, -0.15) is 0 Å². The predicted molar refractivity (Wildman–Crippen MR) is 86.1 cm³/mol. The van der Waals surface area contributed by atoms with E-state index in [-0.39, 0.29) is 5.91 Å². The molecule has 0 aromatic heterocycles. The van der Waals surface area contributed by atoms with Crippen LogP contribution in [0.3, 0.4) is 0 Å². The molecule has 112 valence electrons. The summed E-state index contributed by atoms with van der Waals surface area (Å²) in [5, 5.41) is 6.17. The van der Waals surface area contributed by atoms with Crippen molar-refractivity contribution in [2.75, 3.05) is 11.9 Å². The van der Waals surface area contributed by atoms with Gasteiger partial charge in [-0.3, -0.25) is 4.79 Å². The van der Waals surface area contributed by atoms with Crippen LogP contribution in [-0.2, 0) is 11.2 Å². The summed E-state index contributed by atoms with van der Waals surface area (Å²) in [7, 11) is 0. The van der Waals surface area contributed by atoms with Gasteiger partial charge in [-0.05, 0) is 30.5 Å². The van der Waals surface area contributed by atoms with E-state index in [4.69, 9.17) is 0 Å². The molecule has 0 spiro atoms. The molecule has 1 aromatic rings. The number of carbonyl (C=O) groups excluding carboxylic acids is 1. The smallest absolute Gasteiger partial charge is 0.225 e. The minimum Gasteiger partial charge on any atom is -0.326 e. The number of anilines is 1. The Bertz CT molecular complexity index is 384. The molecule has 0 heterocycles. The lowest BCUT2D eigenvalue weighted by Crippen LogP contribution is -2.27. The van der Waals surface area contributed by atoms with E-state index in [9.17, 15) is 4.79 Å². The zero-order chi connectivity index (χ0) is 14.8. The minimum atomic E-state index is 0.0666. The molecule has 0 radical (unpaired) electrons. The van der Waals surface area contributed by atoms with E-state index in [1.54, 1.807) is 0 Å². The summed E-state index contributed by atoms with van der Waals surface area (Å²) in [6.45, 7) is 7.09. The number of hydrogen-bond acceptors (Lipinski definition) is 2. The van der Waals surface area contributed by atoms with E-state index in [1.165, 1.54) is 24.8 Å². The third-order valence-electron chi connectivity index (χ3n) is 3.21. The van der Waals surface area contributed by atoms with Gasteiger partial charge < -0.3 is 10.6 Å². The normalized spacial score (nSPS) is 10.8. The molecule has 20 heavy (non-hydrogen) atoms. The Labute approximate surface area is 123 Å². The molecule has 1 rings (SSSR count). The number of aryl methyl sites for hydroxylation is 1. The lowest BCUT2D eigenvalue weighted by Gasteiger charge is -2.09. The van der Waals surface area contributed by atoms with Crippen LogP contribution in [-0.4, -0.2) is 18.5 Å². The number of unbranched alkanes of at least 4 members (excludes halogenated alkanes) is 2. The molecule has 0 fully saturated rings. The summed E-state index contributed by atoms with van der Waals surface area (Å²) in [6.07, 6.45) is 5.40. The molecule has 0 saturated heterocycles. The first-order valence-electron chi connectivity index (χ1n) is 7.74. The summed E-state index contributed by atoms with van der Waals surface area (Å²) in [5.74, 6) is 0.0666. The molecule has 1 aromatic carbocycles. The highest BCUT2D eigenvalue weighted by atomic mass is 16.1. The third-order valence-corrected chi connectivity index (χ3v) is 3.21. The Kier molecular flexibility index (Phi) is 7.97. The average Bonchev–Trinajstić information content (AvgIpc) is 2.40. The molecule has 0 saturated carbocycles. The van der Waals surface area contributed by atoms with E-state index >= 15 is 0 Å². The Morgan fingerprint density at radius 3 is 2.45 bits per heavy atom. The molecule has 1 amide bonds.